The van der Waals surface area contributed by atoms with E-state index < -0.39 is 24.5 Å². The summed E-state index contributed by atoms with van der Waals surface area (Å²) in [5.41, 5.74) is 0.208. The molecule has 1 amide bonds. The lowest BCUT2D eigenvalue weighted by Gasteiger charge is -2.14. The topological polar surface area (TPSA) is 56.1 Å². The third-order valence-corrected chi connectivity index (χ3v) is 3.76. The number of halogens is 5. The van der Waals surface area contributed by atoms with Crippen molar-refractivity contribution < 1.29 is 27.1 Å². The second kappa shape index (κ2) is 7.89. The number of ether oxygens (including phenoxy) is 1. The summed E-state index contributed by atoms with van der Waals surface area (Å²) < 4.78 is 56.9. The Hall–Kier alpha value is -3.07. The number of hydrogen-bond acceptors (Lipinski definition) is 3. The third-order valence-electron chi connectivity index (χ3n) is 3.53. The lowest BCUT2D eigenvalue weighted by Crippen LogP contribution is -2.20. The molecule has 2 aromatic carbocycles. The molecule has 0 bridgehead atoms. The molecule has 3 aromatic rings. The van der Waals surface area contributed by atoms with E-state index >= 15 is 0 Å². The van der Waals surface area contributed by atoms with Crippen LogP contribution in [-0.4, -0.2) is 28.5 Å². The Morgan fingerprint density at radius 3 is 2.68 bits per heavy atom. The molecule has 0 saturated heterocycles. The van der Waals surface area contributed by atoms with E-state index in [0.29, 0.717) is 0 Å². The van der Waals surface area contributed by atoms with Gasteiger partial charge in [-0.15, -0.1) is 0 Å². The van der Waals surface area contributed by atoms with Crippen molar-refractivity contribution in [1.29, 1.82) is 0 Å². The highest BCUT2D eigenvalue weighted by molar-refractivity contribution is 6.30. The van der Waals surface area contributed by atoms with E-state index in [2.05, 4.69) is 10.4 Å². The first kappa shape index (κ1) is 19.7. The van der Waals surface area contributed by atoms with Crippen LogP contribution in [0.3, 0.4) is 0 Å². The van der Waals surface area contributed by atoms with Gasteiger partial charge in [-0.3, -0.25) is 4.79 Å². The number of carbonyl (C=O) groups is 1. The fourth-order valence-electron chi connectivity index (χ4n) is 2.28. The van der Waals surface area contributed by atoms with Gasteiger partial charge in [0.15, 0.2) is 6.61 Å². The summed E-state index contributed by atoms with van der Waals surface area (Å²) in [6.45, 7) is -1.54. The van der Waals surface area contributed by atoms with Crippen LogP contribution >= 0.6 is 11.6 Å². The molecule has 0 saturated carbocycles. The Bertz CT molecular complexity index is 1000. The predicted molar refractivity (Wildman–Crippen MR) is 94.5 cm³/mol. The van der Waals surface area contributed by atoms with Gasteiger partial charge in [0.25, 0.3) is 5.91 Å². The van der Waals surface area contributed by atoms with Crippen molar-refractivity contribution in [3.63, 3.8) is 0 Å². The average molecular weight is 414 g/mol. The van der Waals surface area contributed by atoms with Gasteiger partial charge in [0.2, 0.25) is 0 Å². The molecule has 0 aliphatic heterocycles. The highest BCUT2D eigenvalue weighted by Gasteiger charge is 2.29. The first-order valence-electron chi connectivity index (χ1n) is 7.83. The van der Waals surface area contributed by atoms with Gasteiger partial charge >= 0.3 is 6.18 Å². The third kappa shape index (κ3) is 4.80. The summed E-state index contributed by atoms with van der Waals surface area (Å²) in [7, 11) is 0. The number of para-hydroxylation sites is 1. The fraction of sp³-hybridized carbons (Fsp3) is 0.111. The predicted octanol–water partition coefficient (Wildman–Crippen LogP) is 4.86. The molecule has 28 heavy (non-hydrogen) atoms. The van der Waals surface area contributed by atoms with Crippen LogP contribution in [0.25, 0.3) is 5.69 Å². The first-order chi connectivity index (χ1) is 13.2. The van der Waals surface area contributed by atoms with Crippen LogP contribution < -0.4 is 10.1 Å². The van der Waals surface area contributed by atoms with Gasteiger partial charge in [0.05, 0.1) is 17.4 Å². The molecule has 0 aliphatic carbocycles. The first-order valence-corrected chi connectivity index (χ1v) is 8.21. The second-order valence-corrected chi connectivity index (χ2v) is 6.06. The molecule has 0 radical (unpaired) electrons. The van der Waals surface area contributed by atoms with Gasteiger partial charge in [-0.1, -0.05) is 23.7 Å². The maximum Gasteiger partial charge on any atom is 0.422 e. The lowest BCUT2D eigenvalue weighted by molar-refractivity contribution is -0.153. The molecule has 0 fully saturated rings. The average Bonchev–Trinajstić information content (AvgIpc) is 3.11. The highest BCUT2D eigenvalue weighted by Crippen LogP contribution is 2.30. The number of nitrogens with one attached hydrogen (secondary N) is 1. The molecule has 10 heteroatoms. The molecule has 3 rings (SSSR count). The zero-order valence-electron chi connectivity index (χ0n) is 14.0. The van der Waals surface area contributed by atoms with Gasteiger partial charge in [-0.25, -0.2) is 9.07 Å². The standard InChI is InChI=1S/C18H12ClF4N3O2/c19-12-5-6-14(16(7-12)28-10-18(21,22)23)25-17(27)11-8-24-26(9-11)15-4-2-1-3-13(15)20/h1-9H,10H2,(H,25,27). The molecular formula is C18H12ClF4N3O2. The Morgan fingerprint density at radius 1 is 1.21 bits per heavy atom. The van der Waals surface area contributed by atoms with Crippen molar-refractivity contribution >= 4 is 23.2 Å². The number of hydrogen-bond donors (Lipinski definition) is 1. The van der Waals surface area contributed by atoms with Gasteiger partial charge in [-0.2, -0.15) is 18.3 Å². The number of anilines is 1. The van der Waals surface area contributed by atoms with Crippen LogP contribution in [0.5, 0.6) is 5.75 Å². The number of alkyl halides is 3. The minimum Gasteiger partial charge on any atom is -0.482 e. The lowest BCUT2D eigenvalue weighted by atomic mass is 10.2. The van der Waals surface area contributed by atoms with Gasteiger partial charge in [0, 0.05) is 17.3 Å². The maximum atomic E-state index is 13.8. The zero-order valence-corrected chi connectivity index (χ0v) is 14.8. The SMILES string of the molecule is O=C(Nc1ccc(Cl)cc1OCC(F)(F)F)c1cnn(-c2ccccc2F)c1. The molecular weight excluding hydrogens is 402 g/mol. The van der Waals surface area contributed by atoms with E-state index in [1.165, 1.54) is 47.4 Å². The molecule has 0 spiro atoms. The Kier molecular flexibility index (Phi) is 5.55. The van der Waals surface area contributed by atoms with Gasteiger partial charge < -0.3 is 10.1 Å². The molecule has 146 valence electrons. The van der Waals surface area contributed by atoms with Crippen molar-refractivity contribution in [1.82, 2.24) is 9.78 Å². The van der Waals surface area contributed by atoms with E-state index in [0.717, 1.165) is 6.07 Å². The summed E-state index contributed by atoms with van der Waals surface area (Å²) in [5.74, 6) is -1.43. The molecule has 0 unspecified atom stereocenters. The van der Waals surface area contributed by atoms with Crippen LogP contribution in [0, 0.1) is 5.82 Å². The largest absolute Gasteiger partial charge is 0.482 e. The highest BCUT2D eigenvalue weighted by atomic mass is 35.5. The smallest absolute Gasteiger partial charge is 0.422 e. The van der Waals surface area contributed by atoms with Crippen LogP contribution in [0.15, 0.2) is 54.9 Å². The van der Waals surface area contributed by atoms with E-state index in [1.54, 1.807) is 6.07 Å². The van der Waals surface area contributed by atoms with Crippen LogP contribution in [0.4, 0.5) is 23.2 Å². The number of nitrogens with zero attached hydrogens (tertiary/aromatic N) is 2. The van der Waals surface area contributed by atoms with Crippen molar-refractivity contribution in [2.24, 2.45) is 0 Å². The second-order valence-electron chi connectivity index (χ2n) is 5.62. The molecule has 1 aromatic heterocycles. The maximum absolute atomic E-state index is 13.8. The molecule has 1 N–H and O–H groups in total. The Balaban J connectivity index is 1.79. The number of carbonyl (C=O) groups excluding carboxylic acids is 1. The van der Waals surface area contributed by atoms with E-state index in [9.17, 15) is 22.4 Å². The van der Waals surface area contributed by atoms with Gasteiger partial charge in [0.1, 0.15) is 17.3 Å². The van der Waals surface area contributed by atoms with Crippen LogP contribution in [0.1, 0.15) is 10.4 Å². The summed E-state index contributed by atoms with van der Waals surface area (Å²) in [5, 5.41) is 6.50. The van der Waals surface area contributed by atoms with Crippen LogP contribution in [-0.2, 0) is 0 Å². The summed E-state index contributed by atoms with van der Waals surface area (Å²) in [6, 6.07) is 9.71. The van der Waals surface area contributed by atoms with E-state index in [4.69, 9.17) is 16.3 Å². The number of aromatic nitrogens is 2. The normalized spacial score (nSPS) is 11.3. The van der Waals surface area contributed by atoms with Gasteiger partial charge in [-0.05, 0) is 24.3 Å². The Labute approximate surface area is 161 Å². The zero-order chi connectivity index (χ0) is 20.3. The van der Waals surface area contributed by atoms with Crippen LogP contribution in [0.2, 0.25) is 5.02 Å². The summed E-state index contributed by atoms with van der Waals surface area (Å²) >= 11 is 5.78. The summed E-state index contributed by atoms with van der Waals surface area (Å²) in [6.07, 6.45) is -2.06. The number of rotatable bonds is 5. The Morgan fingerprint density at radius 2 is 1.96 bits per heavy atom. The summed E-state index contributed by atoms with van der Waals surface area (Å²) in [4.78, 5) is 12.4. The molecule has 0 atom stereocenters. The quantitative estimate of drug-likeness (QED) is 0.608. The van der Waals surface area contributed by atoms with Crippen molar-refractivity contribution in [2.75, 3.05) is 11.9 Å². The van der Waals surface area contributed by atoms with E-state index in [-0.39, 0.29) is 27.7 Å². The minimum absolute atomic E-state index is 0.00251. The minimum atomic E-state index is -4.55. The fourth-order valence-corrected chi connectivity index (χ4v) is 2.44. The number of amides is 1. The molecule has 0 aliphatic rings. The number of benzene rings is 2. The molecule has 5 nitrogen and oxygen atoms in total. The molecule has 1 heterocycles. The van der Waals surface area contributed by atoms with Crippen molar-refractivity contribution in [3.8, 4) is 11.4 Å². The van der Waals surface area contributed by atoms with Crippen molar-refractivity contribution in [3.05, 3.63) is 71.3 Å². The monoisotopic (exact) mass is 413 g/mol. The van der Waals surface area contributed by atoms with Crippen molar-refractivity contribution in [2.45, 2.75) is 6.18 Å². The van der Waals surface area contributed by atoms with E-state index in [1.807, 2.05) is 0 Å².